The number of carbonyl (C=O) groups is 2. The van der Waals surface area contributed by atoms with Crippen molar-refractivity contribution < 1.29 is 9.59 Å². The van der Waals surface area contributed by atoms with Crippen molar-refractivity contribution in [3.05, 3.63) is 29.6 Å². The molecule has 5 nitrogen and oxygen atoms in total. The van der Waals surface area contributed by atoms with E-state index in [-0.39, 0.29) is 17.7 Å². The first-order chi connectivity index (χ1) is 10.2. The first-order valence-electron chi connectivity index (χ1n) is 7.67. The summed E-state index contributed by atoms with van der Waals surface area (Å²) in [5.41, 5.74) is 1.67. The number of likely N-dealkylation sites (tertiary alicyclic amines) is 1. The van der Waals surface area contributed by atoms with Crippen molar-refractivity contribution in [1.29, 1.82) is 0 Å². The van der Waals surface area contributed by atoms with Gasteiger partial charge in [0, 0.05) is 37.6 Å². The van der Waals surface area contributed by atoms with Crippen LogP contribution in [0.4, 0.5) is 0 Å². The summed E-state index contributed by atoms with van der Waals surface area (Å²) in [6, 6.07) is 1.77. The van der Waals surface area contributed by atoms with Crippen LogP contribution in [-0.2, 0) is 11.2 Å². The van der Waals surface area contributed by atoms with Gasteiger partial charge in [0.25, 0.3) is 5.91 Å². The minimum absolute atomic E-state index is 0.0169. The molecule has 1 N–H and O–H groups in total. The fourth-order valence-corrected chi connectivity index (χ4v) is 2.78. The van der Waals surface area contributed by atoms with Crippen LogP contribution < -0.4 is 5.32 Å². The zero-order chi connectivity index (χ0) is 15.2. The highest BCUT2D eigenvalue weighted by molar-refractivity contribution is 5.96. The Labute approximate surface area is 125 Å². The molecule has 1 aromatic rings. The summed E-state index contributed by atoms with van der Waals surface area (Å²) >= 11 is 0. The van der Waals surface area contributed by atoms with Gasteiger partial charge in [-0.1, -0.05) is 6.92 Å². The largest absolute Gasteiger partial charge is 0.356 e. The molecule has 1 aliphatic heterocycles. The molecule has 5 heteroatoms. The lowest BCUT2D eigenvalue weighted by molar-refractivity contribution is -0.126. The van der Waals surface area contributed by atoms with E-state index < -0.39 is 0 Å². The predicted molar refractivity (Wildman–Crippen MR) is 80.9 cm³/mol. The minimum Gasteiger partial charge on any atom is -0.356 e. The van der Waals surface area contributed by atoms with E-state index >= 15 is 0 Å². The van der Waals surface area contributed by atoms with Crippen LogP contribution in [0.1, 0.15) is 42.6 Å². The van der Waals surface area contributed by atoms with Crippen LogP contribution in [0.3, 0.4) is 0 Å². The topological polar surface area (TPSA) is 62.3 Å². The first-order valence-corrected chi connectivity index (χ1v) is 7.67. The van der Waals surface area contributed by atoms with Gasteiger partial charge < -0.3 is 10.2 Å². The third kappa shape index (κ3) is 3.60. The molecular formula is C16H23N3O2. The van der Waals surface area contributed by atoms with Crippen molar-refractivity contribution >= 4 is 11.8 Å². The molecule has 0 bridgehead atoms. The molecule has 0 aromatic carbocycles. The maximum absolute atomic E-state index is 12.7. The quantitative estimate of drug-likeness (QED) is 0.916. The Hall–Kier alpha value is -1.91. The summed E-state index contributed by atoms with van der Waals surface area (Å²) in [7, 11) is 0. The van der Waals surface area contributed by atoms with E-state index in [4.69, 9.17) is 0 Å². The maximum Gasteiger partial charge on any atom is 0.254 e. The molecule has 0 radical (unpaired) electrons. The molecule has 1 atom stereocenters. The molecule has 1 saturated heterocycles. The van der Waals surface area contributed by atoms with Gasteiger partial charge in [0.05, 0.1) is 5.92 Å². The molecule has 1 fully saturated rings. The van der Waals surface area contributed by atoms with Crippen LogP contribution in [-0.4, -0.2) is 41.3 Å². The predicted octanol–water partition coefficient (Wildman–Crippen LogP) is 1.63. The summed E-state index contributed by atoms with van der Waals surface area (Å²) in [6.07, 6.45) is 5.91. The summed E-state index contributed by atoms with van der Waals surface area (Å²) < 4.78 is 0. The van der Waals surface area contributed by atoms with Gasteiger partial charge in [0.2, 0.25) is 5.91 Å². The molecule has 0 saturated carbocycles. The molecule has 0 aliphatic carbocycles. The fourth-order valence-electron chi connectivity index (χ4n) is 2.78. The summed E-state index contributed by atoms with van der Waals surface area (Å²) in [4.78, 5) is 30.5. The van der Waals surface area contributed by atoms with E-state index in [1.54, 1.807) is 23.4 Å². The smallest absolute Gasteiger partial charge is 0.254 e. The Kier molecular flexibility index (Phi) is 5.31. The van der Waals surface area contributed by atoms with Crippen LogP contribution in [0, 0.1) is 5.92 Å². The summed E-state index contributed by atoms with van der Waals surface area (Å²) in [6.45, 7) is 5.79. The molecule has 2 heterocycles. The number of hydrogen-bond acceptors (Lipinski definition) is 3. The Morgan fingerprint density at radius 1 is 1.43 bits per heavy atom. The Bertz CT molecular complexity index is 516. The molecule has 1 aliphatic rings. The second-order valence-corrected chi connectivity index (χ2v) is 5.37. The van der Waals surface area contributed by atoms with Crippen LogP contribution in [0.5, 0.6) is 0 Å². The van der Waals surface area contributed by atoms with Gasteiger partial charge >= 0.3 is 0 Å². The molecule has 2 amide bonds. The third-order valence-corrected chi connectivity index (χ3v) is 3.95. The average Bonchev–Trinajstić information content (AvgIpc) is 2.54. The van der Waals surface area contributed by atoms with Gasteiger partial charge in [0.15, 0.2) is 0 Å². The number of hydrogen-bond donors (Lipinski definition) is 1. The van der Waals surface area contributed by atoms with Crippen LogP contribution in [0.25, 0.3) is 0 Å². The van der Waals surface area contributed by atoms with Crippen molar-refractivity contribution in [2.75, 3.05) is 19.6 Å². The van der Waals surface area contributed by atoms with Crippen LogP contribution in [0.2, 0.25) is 0 Å². The van der Waals surface area contributed by atoms with E-state index in [2.05, 4.69) is 10.3 Å². The van der Waals surface area contributed by atoms with Crippen LogP contribution in [0.15, 0.2) is 18.5 Å². The monoisotopic (exact) mass is 289 g/mol. The fraction of sp³-hybridized carbons (Fsp3) is 0.562. The zero-order valence-corrected chi connectivity index (χ0v) is 12.8. The lowest BCUT2D eigenvalue weighted by Gasteiger charge is -2.32. The molecule has 1 unspecified atom stereocenters. The lowest BCUT2D eigenvalue weighted by Crippen LogP contribution is -2.45. The summed E-state index contributed by atoms with van der Waals surface area (Å²) in [5.74, 6) is -0.0155. The highest BCUT2D eigenvalue weighted by Gasteiger charge is 2.29. The van der Waals surface area contributed by atoms with Crippen molar-refractivity contribution in [1.82, 2.24) is 15.2 Å². The SMILES string of the molecule is CCNC(=O)C1CCCN(C(=O)c2ccncc2CC)C1. The van der Waals surface area contributed by atoms with Crippen molar-refractivity contribution in [3.63, 3.8) is 0 Å². The highest BCUT2D eigenvalue weighted by Crippen LogP contribution is 2.20. The summed E-state index contributed by atoms with van der Waals surface area (Å²) in [5, 5.41) is 2.85. The van der Waals surface area contributed by atoms with Gasteiger partial charge in [-0.15, -0.1) is 0 Å². The van der Waals surface area contributed by atoms with Gasteiger partial charge in [-0.2, -0.15) is 0 Å². The Morgan fingerprint density at radius 3 is 2.95 bits per heavy atom. The number of nitrogens with one attached hydrogen (secondary N) is 1. The number of aromatic nitrogens is 1. The van der Waals surface area contributed by atoms with Gasteiger partial charge in [-0.25, -0.2) is 0 Å². The van der Waals surface area contributed by atoms with E-state index in [1.807, 2.05) is 13.8 Å². The molecule has 2 rings (SSSR count). The average molecular weight is 289 g/mol. The number of nitrogens with zero attached hydrogens (tertiary/aromatic N) is 2. The van der Waals surface area contributed by atoms with Crippen molar-refractivity contribution in [2.45, 2.75) is 33.1 Å². The minimum atomic E-state index is -0.0884. The third-order valence-electron chi connectivity index (χ3n) is 3.95. The standard InChI is InChI=1S/C16H23N3O2/c1-3-12-10-17-8-7-14(12)16(21)19-9-5-6-13(11-19)15(20)18-4-2/h7-8,10,13H,3-6,9,11H2,1-2H3,(H,18,20). The highest BCUT2D eigenvalue weighted by atomic mass is 16.2. The number of pyridine rings is 1. The van der Waals surface area contributed by atoms with Crippen molar-refractivity contribution in [2.24, 2.45) is 5.92 Å². The van der Waals surface area contributed by atoms with E-state index in [0.29, 0.717) is 18.7 Å². The number of rotatable bonds is 4. The van der Waals surface area contributed by atoms with E-state index in [9.17, 15) is 9.59 Å². The lowest BCUT2D eigenvalue weighted by atomic mass is 9.96. The van der Waals surface area contributed by atoms with E-state index in [1.165, 1.54) is 0 Å². The van der Waals surface area contributed by atoms with Gasteiger partial charge in [-0.05, 0) is 37.8 Å². The molecule has 1 aromatic heterocycles. The van der Waals surface area contributed by atoms with E-state index in [0.717, 1.165) is 31.4 Å². The second kappa shape index (κ2) is 7.20. The molecule has 0 spiro atoms. The maximum atomic E-state index is 12.7. The Balaban J connectivity index is 2.10. The van der Waals surface area contributed by atoms with Crippen molar-refractivity contribution in [3.8, 4) is 0 Å². The Morgan fingerprint density at radius 2 is 2.24 bits per heavy atom. The van der Waals surface area contributed by atoms with Crippen LogP contribution >= 0.6 is 0 Å². The number of amides is 2. The van der Waals surface area contributed by atoms with Gasteiger partial charge in [-0.3, -0.25) is 14.6 Å². The van der Waals surface area contributed by atoms with Gasteiger partial charge in [0.1, 0.15) is 0 Å². The molecule has 114 valence electrons. The zero-order valence-electron chi connectivity index (χ0n) is 12.8. The second-order valence-electron chi connectivity index (χ2n) is 5.37. The number of aryl methyl sites for hydroxylation is 1. The molecule has 21 heavy (non-hydrogen) atoms. The molecular weight excluding hydrogens is 266 g/mol. The number of piperidine rings is 1. The first kappa shape index (κ1) is 15.5. The number of carbonyl (C=O) groups excluding carboxylic acids is 2. The normalized spacial score (nSPS) is 18.4.